The largest absolute Gasteiger partial charge is 0.466 e. The summed E-state index contributed by atoms with van der Waals surface area (Å²) in [4.78, 5) is 28.2. The van der Waals surface area contributed by atoms with Crippen molar-refractivity contribution in [3.8, 4) is 16.4 Å². The number of nitrogens with zero attached hydrogens (tertiary/aromatic N) is 3. The van der Waals surface area contributed by atoms with Crippen molar-refractivity contribution in [3.05, 3.63) is 47.5 Å². The highest BCUT2D eigenvalue weighted by Crippen LogP contribution is 2.26. The van der Waals surface area contributed by atoms with Crippen molar-refractivity contribution in [1.82, 2.24) is 14.8 Å². The third kappa shape index (κ3) is 4.79. The lowest BCUT2D eigenvalue weighted by atomic mass is 10.2. The number of rotatable bonds is 7. The number of carbonyl (C=O) groups is 2. The van der Waals surface area contributed by atoms with Crippen LogP contribution in [0.4, 0.5) is 5.82 Å². The average molecular weight is 384 g/mol. The summed E-state index contributed by atoms with van der Waals surface area (Å²) in [6.45, 7) is 3.88. The van der Waals surface area contributed by atoms with E-state index >= 15 is 0 Å². The first-order valence-electron chi connectivity index (χ1n) is 8.60. The summed E-state index contributed by atoms with van der Waals surface area (Å²) in [6, 6.07) is 11.6. The van der Waals surface area contributed by atoms with E-state index in [0.29, 0.717) is 17.6 Å². The van der Waals surface area contributed by atoms with Crippen LogP contribution in [0.3, 0.4) is 0 Å². The minimum Gasteiger partial charge on any atom is -0.466 e. The van der Waals surface area contributed by atoms with Gasteiger partial charge in [0, 0.05) is 23.4 Å². The summed E-state index contributed by atoms with van der Waals surface area (Å²) in [5, 5.41) is 9.83. The second kappa shape index (κ2) is 8.59. The highest BCUT2D eigenvalue weighted by molar-refractivity contribution is 7.12. The maximum atomic E-state index is 12.2. The number of hydrogen-bond donors (Lipinski definition) is 1. The number of thiazole rings is 1. The number of anilines is 1. The molecule has 0 radical (unpaired) electrons. The van der Waals surface area contributed by atoms with Gasteiger partial charge in [0.1, 0.15) is 5.82 Å². The van der Waals surface area contributed by atoms with E-state index in [0.717, 1.165) is 17.0 Å². The Bertz CT molecular complexity index is 934. The van der Waals surface area contributed by atoms with Crippen LogP contribution >= 0.6 is 11.3 Å². The summed E-state index contributed by atoms with van der Waals surface area (Å²) >= 11 is 1.44. The molecule has 0 bridgehead atoms. The van der Waals surface area contributed by atoms with E-state index in [1.54, 1.807) is 17.7 Å². The molecule has 0 saturated heterocycles. The van der Waals surface area contributed by atoms with Crippen molar-refractivity contribution in [2.24, 2.45) is 0 Å². The number of hydrogen-bond acceptors (Lipinski definition) is 6. The third-order valence-corrected chi connectivity index (χ3v) is 4.52. The van der Waals surface area contributed by atoms with Crippen molar-refractivity contribution < 1.29 is 14.3 Å². The minimum absolute atomic E-state index is 0.0438. The van der Waals surface area contributed by atoms with Gasteiger partial charge in [-0.05, 0) is 13.8 Å². The summed E-state index contributed by atoms with van der Waals surface area (Å²) in [6.07, 6.45) is 0.0956. The third-order valence-electron chi connectivity index (χ3n) is 3.70. The molecular formula is C19H20N4O3S. The number of ether oxygens (including phenoxy) is 1. The first-order chi connectivity index (χ1) is 13.1. The zero-order valence-corrected chi connectivity index (χ0v) is 16.0. The number of nitrogens with one attached hydrogen (secondary N) is 1. The molecule has 140 valence electrons. The molecule has 0 fully saturated rings. The second-order valence-electron chi connectivity index (χ2n) is 5.82. The number of aryl methyl sites for hydroxylation is 1. The molecular weight excluding hydrogens is 364 g/mol. The predicted octanol–water partition coefficient (Wildman–Crippen LogP) is 3.59. The van der Waals surface area contributed by atoms with Crippen molar-refractivity contribution in [2.75, 3.05) is 11.9 Å². The van der Waals surface area contributed by atoms with E-state index in [-0.39, 0.29) is 24.7 Å². The van der Waals surface area contributed by atoms with E-state index in [2.05, 4.69) is 15.4 Å². The molecule has 2 aromatic heterocycles. The first kappa shape index (κ1) is 18.8. The quantitative estimate of drug-likeness (QED) is 0.629. The monoisotopic (exact) mass is 384 g/mol. The average Bonchev–Trinajstić information content (AvgIpc) is 3.28. The van der Waals surface area contributed by atoms with Gasteiger partial charge in [-0.1, -0.05) is 30.3 Å². The molecule has 1 amide bonds. The lowest BCUT2D eigenvalue weighted by Gasteiger charge is -2.06. The fourth-order valence-corrected chi connectivity index (χ4v) is 3.29. The molecule has 3 aromatic rings. The van der Waals surface area contributed by atoms with Gasteiger partial charge in [-0.2, -0.15) is 9.78 Å². The molecule has 2 heterocycles. The summed E-state index contributed by atoms with van der Waals surface area (Å²) in [5.41, 5.74) is 2.62. The number of carbonyl (C=O) groups excluding carboxylic acids is 2. The highest BCUT2D eigenvalue weighted by atomic mass is 32.1. The molecule has 0 saturated carbocycles. The predicted molar refractivity (Wildman–Crippen MR) is 104 cm³/mol. The van der Waals surface area contributed by atoms with Gasteiger partial charge in [-0.25, -0.2) is 4.98 Å². The molecule has 7 nitrogen and oxygen atoms in total. The lowest BCUT2D eigenvalue weighted by molar-refractivity contribution is -0.144. The summed E-state index contributed by atoms with van der Waals surface area (Å²) in [5.74, 6) is -0.135. The topological polar surface area (TPSA) is 86.1 Å². The standard InChI is InChI=1S/C19H20N4O3S/c1-3-26-18(25)10-9-17(24)21-16-11-13(2)22-23(16)19-20-15(12-27-19)14-7-5-4-6-8-14/h4-8,11-12H,3,9-10H2,1-2H3,(H,21,24). The molecule has 1 N–H and O–H groups in total. The molecule has 0 aliphatic carbocycles. The Kier molecular flexibility index (Phi) is 5.97. The van der Waals surface area contributed by atoms with Crippen LogP contribution in [-0.4, -0.2) is 33.2 Å². The Morgan fingerprint density at radius 1 is 1.22 bits per heavy atom. The maximum Gasteiger partial charge on any atom is 0.306 e. The minimum atomic E-state index is -0.384. The van der Waals surface area contributed by atoms with Crippen LogP contribution in [0.15, 0.2) is 41.8 Å². The fourth-order valence-electron chi connectivity index (χ4n) is 2.49. The molecule has 3 rings (SSSR count). The van der Waals surface area contributed by atoms with E-state index < -0.39 is 0 Å². The molecule has 0 atom stereocenters. The van der Waals surface area contributed by atoms with Crippen LogP contribution in [0.5, 0.6) is 0 Å². The van der Waals surface area contributed by atoms with Crippen LogP contribution < -0.4 is 5.32 Å². The lowest BCUT2D eigenvalue weighted by Crippen LogP contribution is -2.16. The second-order valence-corrected chi connectivity index (χ2v) is 6.65. The van der Waals surface area contributed by atoms with Gasteiger partial charge in [-0.3, -0.25) is 9.59 Å². The Labute approximate surface area is 161 Å². The number of amides is 1. The van der Waals surface area contributed by atoms with Crippen LogP contribution in [-0.2, 0) is 14.3 Å². The molecule has 0 unspecified atom stereocenters. The zero-order valence-electron chi connectivity index (χ0n) is 15.1. The van der Waals surface area contributed by atoms with Gasteiger partial charge in [0.25, 0.3) is 0 Å². The summed E-state index contributed by atoms with van der Waals surface area (Å²) < 4.78 is 6.45. The molecule has 27 heavy (non-hydrogen) atoms. The number of benzene rings is 1. The summed E-state index contributed by atoms with van der Waals surface area (Å²) in [7, 11) is 0. The zero-order chi connectivity index (χ0) is 19.2. The van der Waals surface area contributed by atoms with Crippen molar-refractivity contribution in [2.45, 2.75) is 26.7 Å². The van der Waals surface area contributed by atoms with Crippen LogP contribution in [0.1, 0.15) is 25.5 Å². The fraction of sp³-hybridized carbons (Fsp3) is 0.263. The molecule has 1 aromatic carbocycles. The van der Waals surface area contributed by atoms with Gasteiger partial charge >= 0.3 is 5.97 Å². The smallest absolute Gasteiger partial charge is 0.306 e. The molecule has 0 aliphatic rings. The van der Waals surface area contributed by atoms with E-state index in [9.17, 15) is 9.59 Å². The van der Waals surface area contributed by atoms with Crippen LogP contribution in [0.25, 0.3) is 16.4 Å². The van der Waals surface area contributed by atoms with Crippen molar-refractivity contribution in [1.29, 1.82) is 0 Å². The van der Waals surface area contributed by atoms with E-state index in [4.69, 9.17) is 4.74 Å². The Balaban J connectivity index is 1.74. The van der Waals surface area contributed by atoms with Gasteiger partial charge in [0.15, 0.2) is 0 Å². The maximum absolute atomic E-state index is 12.2. The van der Waals surface area contributed by atoms with Gasteiger partial charge in [0.2, 0.25) is 11.0 Å². The van der Waals surface area contributed by atoms with Gasteiger partial charge < -0.3 is 10.1 Å². The van der Waals surface area contributed by atoms with Crippen LogP contribution in [0, 0.1) is 6.92 Å². The highest BCUT2D eigenvalue weighted by Gasteiger charge is 2.15. The SMILES string of the molecule is CCOC(=O)CCC(=O)Nc1cc(C)nn1-c1nc(-c2ccccc2)cs1. The molecule has 8 heteroatoms. The number of aromatic nitrogens is 3. The molecule has 0 spiro atoms. The first-order valence-corrected chi connectivity index (χ1v) is 9.48. The van der Waals surface area contributed by atoms with Gasteiger partial charge in [0.05, 0.1) is 24.4 Å². The Morgan fingerprint density at radius 2 is 2.00 bits per heavy atom. The Hall–Kier alpha value is -3.00. The number of esters is 1. The van der Waals surface area contributed by atoms with Crippen molar-refractivity contribution in [3.63, 3.8) is 0 Å². The van der Waals surface area contributed by atoms with E-state index in [1.165, 1.54) is 11.3 Å². The van der Waals surface area contributed by atoms with E-state index in [1.807, 2.05) is 42.6 Å². The Morgan fingerprint density at radius 3 is 2.74 bits per heavy atom. The normalized spacial score (nSPS) is 10.6. The van der Waals surface area contributed by atoms with Gasteiger partial charge in [-0.15, -0.1) is 11.3 Å². The molecule has 0 aliphatic heterocycles. The van der Waals surface area contributed by atoms with Crippen LogP contribution in [0.2, 0.25) is 0 Å². The van der Waals surface area contributed by atoms with Crippen molar-refractivity contribution >= 4 is 29.0 Å².